The van der Waals surface area contributed by atoms with Gasteiger partial charge in [0.2, 0.25) is 0 Å². The van der Waals surface area contributed by atoms with Gasteiger partial charge in [0.1, 0.15) is 10.7 Å². The maximum absolute atomic E-state index is 13.3. The predicted molar refractivity (Wildman–Crippen MR) is 127 cm³/mol. The molecule has 3 heterocycles. The SMILES string of the molecule is CC(C)c1nc2sc3c(c2c(=O)n1N)CC(c1ccccc1)SC3c1ccccc1. The zero-order valence-corrected chi connectivity index (χ0v) is 18.5. The van der Waals surface area contributed by atoms with Gasteiger partial charge in [-0.15, -0.1) is 23.1 Å². The molecular formula is C24H23N3OS2. The van der Waals surface area contributed by atoms with Crippen molar-refractivity contribution in [3.63, 3.8) is 0 Å². The first-order valence-electron chi connectivity index (χ1n) is 10.1. The van der Waals surface area contributed by atoms with Gasteiger partial charge in [0, 0.05) is 16.0 Å². The Hall–Kier alpha value is -2.57. The largest absolute Gasteiger partial charge is 0.335 e. The number of nitrogens with zero attached hydrogens (tertiary/aromatic N) is 2. The third-order valence-corrected chi connectivity index (χ3v) is 8.52. The topological polar surface area (TPSA) is 60.9 Å². The van der Waals surface area contributed by atoms with Crippen LogP contribution in [0.15, 0.2) is 65.5 Å². The van der Waals surface area contributed by atoms with E-state index in [0.29, 0.717) is 11.2 Å². The highest BCUT2D eigenvalue weighted by Crippen LogP contribution is 2.54. The lowest BCUT2D eigenvalue weighted by atomic mass is 9.98. The highest BCUT2D eigenvalue weighted by Gasteiger charge is 2.34. The summed E-state index contributed by atoms with van der Waals surface area (Å²) in [6.07, 6.45) is 0.811. The van der Waals surface area contributed by atoms with E-state index in [0.717, 1.165) is 16.8 Å². The van der Waals surface area contributed by atoms with Crippen molar-refractivity contribution in [2.45, 2.75) is 36.7 Å². The molecule has 2 aromatic carbocycles. The van der Waals surface area contributed by atoms with Crippen LogP contribution in [0.4, 0.5) is 0 Å². The van der Waals surface area contributed by atoms with Gasteiger partial charge in [-0.1, -0.05) is 74.5 Å². The number of thioether (sulfide) groups is 1. The minimum atomic E-state index is -0.133. The van der Waals surface area contributed by atoms with Gasteiger partial charge >= 0.3 is 0 Å². The number of nitrogen functional groups attached to an aromatic ring is 1. The first-order chi connectivity index (χ1) is 14.5. The number of rotatable bonds is 3. The lowest BCUT2D eigenvalue weighted by molar-refractivity contribution is 0.704. The molecule has 2 N–H and O–H groups in total. The van der Waals surface area contributed by atoms with Crippen LogP contribution < -0.4 is 11.4 Å². The zero-order valence-electron chi connectivity index (χ0n) is 16.9. The van der Waals surface area contributed by atoms with Gasteiger partial charge in [0.05, 0.1) is 10.6 Å². The van der Waals surface area contributed by atoms with Crippen LogP contribution in [0.25, 0.3) is 10.2 Å². The lowest BCUT2D eigenvalue weighted by Gasteiger charge is -2.29. The van der Waals surface area contributed by atoms with E-state index >= 15 is 0 Å². The first kappa shape index (κ1) is 19.4. The van der Waals surface area contributed by atoms with Gasteiger partial charge in [0.15, 0.2) is 0 Å². The van der Waals surface area contributed by atoms with Gasteiger partial charge in [-0.2, -0.15) is 0 Å². The Bertz CT molecular complexity index is 1260. The van der Waals surface area contributed by atoms with Crippen LogP contribution in [0.1, 0.15) is 57.7 Å². The second-order valence-electron chi connectivity index (χ2n) is 7.96. The average molecular weight is 434 g/mol. The quantitative estimate of drug-likeness (QED) is 0.439. The van der Waals surface area contributed by atoms with Crippen molar-refractivity contribution in [3.8, 4) is 0 Å². The minimum Gasteiger partial charge on any atom is -0.335 e. The molecular weight excluding hydrogens is 410 g/mol. The third-order valence-electron chi connectivity index (χ3n) is 5.63. The number of hydrogen-bond acceptors (Lipinski definition) is 5. The molecule has 152 valence electrons. The monoisotopic (exact) mass is 433 g/mol. The van der Waals surface area contributed by atoms with Gasteiger partial charge in [-0.05, 0) is 23.1 Å². The first-order valence-corrected chi connectivity index (χ1v) is 11.9. The summed E-state index contributed by atoms with van der Waals surface area (Å²) in [5.41, 5.74) is 3.52. The van der Waals surface area contributed by atoms with E-state index in [4.69, 9.17) is 10.8 Å². The van der Waals surface area contributed by atoms with E-state index in [1.165, 1.54) is 20.7 Å². The molecule has 4 nitrogen and oxygen atoms in total. The van der Waals surface area contributed by atoms with E-state index in [-0.39, 0.29) is 22.0 Å². The fourth-order valence-electron chi connectivity index (χ4n) is 4.15. The number of nitrogens with two attached hydrogens (primary N) is 1. The van der Waals surface area contributed by atoms with Crippen molar-refractivity contribution in [2.75, 3.05) is 5.84 Å². The van der Waals surface area contributed by atoms with Gasteiger partial charge in [-0.25, -0.2) is 9.66 Å². The van der Waals surface area contributed by atoms with Crippen molar-refractivity contribution in [1.82, 2.24) is 9.66 Å². The Balaban J connectivity index is 1.75. The molecule has 2 atom stereocenters. The molecule has 1 aliphatic heterocycles. The molecule has 0 spiro atoms. The second-order valence-corrected chi connectivity index (χ2v) is 10.3. The molecule has 0 saturated carbocycles. The number of thiophene rings is 1. The molecule has 0 saturated heterocycles. The summed E-state index contributed by atoms with van der Waals surface area (Å²) in [5.74, 6) is 6.89. The van der Waals surface area contributed by atoms with Crippen molar-refractivity contribution < 1.29 is 0 Å². The van der Waals surface area contributed by atoms with Crippen LogP contribution in [0.2, 0.25) is 0 Å². The highest BCUT2D eigenvalue weighted by atomic mass is 32.2. The van der Waals surface area contributed by atoms with E-state index in [1.807, 2.05) is 37.7 Å². The van der Waals surface area contributed by atoms with Gasteiger partial charge in [-0.3, -0.25) is 4.79 Å². The Morgan fingerprint density at radius 2 is 1.67 bits per heavy atom. The Kier molecular flexibility index (Phi) is 4.91. The van der Waals surface area contributed by atoms with Crippen LogP contribution in [0.3, 0.4) is 0 Å². The van der Waals surface area contributed by atoms with Gasteiger partial charge in [0.25, 0.3) is 5.56 Å². The van der Waals surface area contributed by atoms with E-state index in [2.05, 4.69) is 48.5 Å². The number of fused-ring (bicyclic) bond motifs is 3. The van der Waals surface area contributed by atoms with E-state index in [9.17, 15) is 4.79 Å². The summed E-state index contributed by atoms with van der Waals surface area (Å²) in [6.45, 7) is 4.02. The molecule has 4 aromatic rings. The number of hydrogen-bond donors (Lipinski definition) is 1. The summed E-state index contributed by atoms with van der Waals surface area (Å²) in [5, 5.41) is 1.15. The van der Waals surface area contributed by atoms with Crippen molar-refractivity contribution in [2.24, 2.45) is 0 Å². The predicted octanol–water partition coefficient (Wildman–Crippen LogP) is 5.42. The maximum atomic E-state index is 13.3. The molecule has 5 rings (SSSR count). The van der Waals surface area contributed by atoms with Crippen LogP contribution >= 0.6 is 23.1 Å². The molecule has 0 amide bonds. The molecule has 6 heteroatoms. The minimum absolute atomic E-state index is 0.0857. The molecule has 0 aliphatic carbocycles. The van der Waals surface area contributed by atoms with Crippen molar-refractivity contribution in [3.05, 3.63) is 98.4 Å². The molecule has 2 unspecified atom stereocenters. The molecule has 2 aromatic heterocycles. The van der Waals surface area contributed by atoms with Crippen LogP contribution in [0.5, 0.6) is 0 Å². The molecule has 0 fully saturated rings. The smallest absolute Gasteiger partial charge is 0.280 e. The van der Waals surface area contributed by atoms with Crippen molar-refractivity contribution >= 4 is 33.3 Å². The third kappa shape index (κ3) is 3.15. The fourth-order valence-corrected chi connectivity index (χ4v) is 7.16. The summed E-state index contributed by atoms with van der Waals surface area (Å²) >= 11 is 3.61. The van der Waals surface area contributed by atoms with Crippen LogP contribution in [-0.2, 0) is 6.42 Å². The van der Waals surface area contributed by atoms with Crippen molar-refractivity contribution in [1.29, 1.82) is 0 Å². The molecule has 1 aliphatic rings. The standard InChI is InChI=1S/C24H23N3OS2/c1-14(2)22-26-23-19(24(28)27(22)25)17-13-18(15-9-5-3-6-10-15)29-20(21(17)30-23)16-11-7-4-8-12-16/h3-12,14,18,20H,13,25H2,1-2H3. The Morgan fingerprint density at radius 1 is 1.03 bits per heavy atom. The van der Waals surface area contributed by atoms with Crippen LogP contribution in [-0.4, -0.2) is 9.66 Å². The zero-order chi connectivity index (χ0) is 20.8. The summed E-state index contributed by atoms with van der Waals surface area (Å²) in [7, 11) is 0. The summed E-state index contributed by atoms with van der Waals surface area (Å²) < 4.78 is 1.25. The maximum Gasteiger partial charge on any atom is 0.280 e. The molecule has 0 bridgehead atoms. The van der Waals surface area contributed by atoms with Gasteiger partial charge < -0.3 is 5.84 Å². The second kappa shape index (κ2) is 7.60. The fraction of sp³-hybridized carbons (Fsp3) is 0.250. The Labute approximate surface area is 183 Å². The average Bonchev–Trinajstić information content (AvgIpc) is 3.15. The lowest BCUT2D eigenvalue weighted by Crippen LogP contribution is -2.32. The van der Waals surface area contributed by atoms with E-state index < -0.39 is 0 Å². The number of benzene rings is 2. The van der Waals surface area contributed by atoms with Crippen LogP contribution in [0, 0.1) is 0 Å². The molecule has 30 heavy (non-hydrogen) atoms. The summed E-state index contributed by atoms with van der Waals surface area (Å²) in [4.78, 5) is 20.1. The number of aromatic nitrogens is 2. The Morgan fingerprint density at radius 3 is 2.30 bits per heavy atom. The normalized spacial score (nSPS) is 18.6. The highest BCUT2D eigenvalue weighted by molar-refractivity contribution is 8.00. The summed E-state index contributed by atoms with van der Waals surface area (Å²) in [6, 6.07) is 21.1. The van der Waals surface area contributed by atoms with E-state index in [1.54, 1.807) is 11.3 Å². The molecule has 0 radical (unpaired) electrons.